The zero-order valence-corrected chi connectivity index (χ0v) is 24.5. The van der Waals surface area contributed by atoms with Gasteiger partial charge in [-0.2, -0.15) is 0 Å². The van der Waals surface area contributed by atoms with Crippen LogP contribution in [0.1, 0.15) is 0 Å². The van der Waals surface area contributed by atoms with Gasteiger partial charge in [-0.3, -0.25) is 0 Å². The van der Waals surface area contributed by atoms with E-state index in [9.17, 15) is 0 Å². The SMILES string of the molecule is C[SiH](C)c1ccc(-c2ccc(Nc3ccc(-c4ccc5c(c4)c4ccccc4n5-c4ccccc4)cc3)cc2)cc1. The van der Waals surface area contributed by atoms with E-state index in [4.69, 9.17) is 0 Å². The van der Waals surface area contributed by atoms with Gasteiger partial charge in [0.15, 0.2) is 0 Å². The first-order valence-corrected chi connectivity index (χ1v) is 17.2. The Hall–Kier alpha value is -4.86. The number of hydrogen-bond acceptors (Lipinski definition) is 1. The molecule has 0 spiro atoms. The summed E-state index contributed by atoms with van der Waals surface area (Å²) in [6.45, 7) is 4.73. The van der Waals surface area contributed by atoms with Crippen molar-refractivity contribution in [3.63, 3.8) is 0 Å². The van der Waals surface area contributed by atoms with Crippen molar-refractivity contribution in [2.24, 2.45) is 0 Å². The van der Waals surface area contributed by atoms with Gasteiger partial charge in [0.2, 0.25) is 0 Å². The van der Waals surface area contributed by atoms with Gasteiger partial charge in [-0.1, -0.05) is 109 Å². The molecule has 0 fully saturated rings. The molecule has 0 atom stereocenters. The maximum Gasteiger partial charge on any atom is 0.0647 e. The summed E-state index contributed by atoms with van der Waals surface area (Å²) in [5.41, 5.74) is 10.7. The van der Waals surface area contributed by atoms with E-state index in [0.29, 0.717) is 0 Å². The summed E-state index contributed by atoms with van der Waals surface area (Å²) in [5.74, 6) is 0. The van der Waals surface area contributed by atoms with Gasteiger partial charge >= 0.3 is 0 Å². The Balaban J connectivity index is 1.14. The number of hydrogen-bond donors (Lipinski definition) is 1. The molecule has 0 radical (unpaired) electrons. The number of anilines is 2. The average molecular weight is 545 g/mol. The molecule has 7 rings (SSSR count). The van der Waals surface area contributed by atoms with Gasteiger partial charge < -0.3 is 9.88 Å². The van der Waals surface area contributed by atoms with E-state index in [-0.39, 0.29) is 0 Å². The highest BCUT2D eigenvalue weighted by Gasteiger charge is 2.13. The fourth-order valence-corrected chi connectivity index (χ4v) is 6.69. The quantitative estimate of drug-likeness (QED) is 0.206. The van der Waals surface area contributed by atoms with Crippen molar-refractivity contribution in [2.45, 2.75) is 13.1 Å². The molecule has 2 nitrogen and oxygen atoms in total. The van der Waals surface area contributed by atoms with Crippen LogP contribution in [0.25, 0.3) is 49.7 Å². The smallest absolute Gasteiger partial charge is 0.0647 e. The Labute approximate surface area is 243 Å². The Bertz CT molecular complexity index is 1950. The summed E-state index contributed by atoms with van der Waals surface area (Å²) < 4.78 is 2.36. The Morgan fingerprint density at radius 3 is 1.61 bits per heavy atom. The maximum absolute atomic E-state index is 3.56. The predicted molar refractivity (Wildman–Crippen MR) is 180 cm³/mol. The normalized spacial score (nSPS) is 11.4. The molecule has 198 valence electrons. The molecule has 3 heteroatoms. The second kappa shape index (κ2) is 10.6. The molecule has 1 heterocycles. The lowest BCUT2D eigenvalue weighted by Crippen LogP contribution is -2.21. The molecule has 0 saturated heterocycles. The molecule has 7 aromatic rings. The van der Waals surface area contributed by atoms with Crippen LogP contribution >= 0.6 is 0 Å². The number of para-hydroxylation sites is 2. The van der Waals surface area contributed by atoms with Crippen molar-refractivity contribution >= 4 is 47.2 Å². The molecule has 0 amide bonds. The Morgan fingerprint density at radius 1 is 0.463 bits per heavy atom. The van der Waals surface area contributed by atoms with Gasteiger partial charge in [0.25, 0.3) is 0 Å². The van der Waals surface area contributed by atoms with E-state index in [1.165, 1.54) is 54.9 Å². The third-order valence-corrected chi connectivity index (χ3v) is 9.71. The van der Waals surface area contributed by atoms with Crippen LogP contribution < -0.4 is 10.5 Å². The molecule has 0 bridgehead atoms. The van der Waals surface area contributed by atoms with Gasteiger partial charge in [-0.25, -0.2) is 0 Å². The first kappa shape index (κ1) is 25.1. The molecule has 0 aliphatic carbocycles. The summed E-state index contributed by atoms with van der Waals surface area (Å²) in [7, 11) is -0.759. The van der Waals surface area contributed by atoms with E-state index in [1.807, 2.05) is 0 Å². The summed E-state index contributed by atoms with van der Waals surface area (Å²) in [5, 5.41) is 7.61. The number of benzene rings is 6. The van der Waals surface area contributed by atoms with E-state index < -0.39 is 8.80 Å². The molecule has 0 unspecified atom stereocenters. The van der Waals surface area contributed by atoms with Crippen LogP contribution in [0.4, 0.5) is 11.4 Å². The lowest BCUT2D eigenvalue weighted by atomic mass is 10.0. The predicted octanol–water partition coefficient (Wildman–Crippen LogP) is 9.55. The number of nitrogens with one attached hydrogen (secondary N) is 1. The topological polar surface area (TPSA) is 17.0 Å². The van der Waals surface area contributed by atoms with E-state index >= 15 is 0 Å². The van der Waals surface area contributed by atoms with E-state index in [1.54, 1.807) is 0 Å². The number of aromatic nitrogens is 1. The molecule has 1 aromatic heterocycles. The number of nitrogens with zero attached hydrogens (tertiary/aromatic N) is 1. The third kappa shape index (κ3) is 4.86. The van der Waals surface area contributed by atoms with E-state index in [2.05, 4.69) is 169 Å². The number of fused-ring (bicyclic) bond motifs is 3. The van der Waals surface area contributed by atoms with Gasteiger partial charge in [-0.05, 0) is 76.9 Å². The lowest BCUT2D eigenvalue weighted by molar-refractivity contribution is 1.18. The molecule has 41 heavy (non-hydrogen) atoms. The van der Waals surface area contributed by atoms with Crippen LogP contribution in [0.3, 0.4) is 0 Å². The Morgan fingerprint density at radius 2 is 0.976 bits per heavy atom. The summed E-state index contributed by atoms with van der Waals surface area (Å²) in [6.07, 6.45) is 0. The van der Waals surface area contributed by atoms with Gasteiger partial charge in [-0.15, -0.1) is 0 Å². The molecular weight excluding hydrogens is 513 g/mol. The van der Waals surface area contributed by atoms with E-state index in [0.717, 1.165) is 11.4 Å². The van der Waals surface area contributed by atoms with Crippen LogP contribution in [0, 0.1) is 0 Å². The lowest BCUT2D eigenvalue weighted by Gasteiger charge is -2.10. The van der Waals surface area contributed by atoms with Gasteiger partial charge in [0, 0.05) is 27.8 Å². The Kier molecular flexibility index (Phi) is 6.50. The minimum absolute atomic E-state index is 0.759. The number of rotatable bonds is 6. The fraction of sp³-hybridized carbons (Fsp3) is 0.0526. The molecular formula is C38H32N2Si. The minimum Gasteiger partial charge on any atom is -0.356 e. The largest absolute Gasteiger partial charge is 0.356 e. The monoisotopic (exact) mass is 544 g/mol. The van der Waals surface area contributed by atoms with Gasteiger partial charge in [0.05, 0.1) is 19.8 Å². The molecule has 0 aliphatic rings. The van der Waals surface area contributed by atoms with Crippen molar-refractivity contribution < 1.29 is 0 Å². The first-order chi connectivity index (χ1) is 20.1. The molecule has 0 aliphatic heterocycles. The molecule has 6 aromatic carbocycles. The summed E-state index contributed by atoms with van der Waals surface area (Å²) in [6, 6.07) is 52.6. The van der Waals surface area contributed by atoms with Crippen molar-refractivity contribution in [1.29, 1.82) is 0 Å². The maximum atomic E-state index is 3.56. The van der Waals surface area contributed by atoms with Crippen molar-refractivity contribution in [3.05, 3.63) is 146 Å². The highest BCUT2D eigenvalue weighted by molar-refractivity contribution is 6.70. The molecule has 0 saturated carbocycles. The third-order valence-electron chi connectivity index (χ3n) is 7.99. The van der Waals surface area contributed by atoms with Crippen LogP contribution in [-0.2, 0) is 0 Å². The van der Waals surface area contributed by atoms with Gasteiger partial charge in [0.1, 0.15) is 0 Å². The van der Waals surface area contributed by atoms with Crippen molar-refractivity contribution in [2.75, 3.05) is 5.32 Å². The highest BCUT2D eigenvalue weighted by Crippen LogP contribution is 2.35. The fourth-order valence-electron chi connectivity index (χ4n) is 5.73. The second-order valence-electron chi connectivity index (χ2n) is 11.0. The van der Waals surface area contributed by atoms with Crippen LogP contribution in [0.2, 0.25) is 13.1 Å². The summed E-state index contributed by atoms with van der Waals surface area (Å²) in [4.78, 5) is 0. The molecule has 1 N–H and O–H groups in total. The summed E-state index contributed by atoms with van der Waals surface area (Å²) >= 11 is 0. The van der Waals surface area contributed by atoms with Crippen molar-refractivity contribution in [3.8, 4) is 27.9 Å². The zero-order chi connectivity index (χ0) is 27.8. The van der Waals surface area contributed by atoms with Crippen LogP contribution in [0.5, 0.6) is 0 Å². The van der Waals surface area contributed by atoms with Crippen molar-refractivity contribution in [1.82, 2.24) is 4.57 Å². The standard InChI is InChI=1S/C38H32N2Si/c1-41(2)34-23-16-28(17-24-34)27-12-19-31(20-13-27)39-32-21-14-29(15-22-32)30-18-25-38-36(26-30)35-10-6-7-11-37(35)40(38)33-8-4-3-5-9-33/h3-26,39,41H,1-2H3. The van der Waals surface area contributed by atoms with Crippen LogP contribution in [-0.4, -0.2) is 13.4 Å². The highest BCUT2D eigenvalue weighted by atomic mass is 28.3. The van der Waals surface area contributed by atoms with Crippen LogP contribution in [0.15, 0.2) is 146 Å². The average Bonchev–Trinajstić information content (AvgIpc) is 3.36. The zero-order valence-electron chi connectivity index (χ0n) is 23.4. The first-order valence-electron chi connectivity index (χ1n) is 14.3. The second-order valence-corrected chi connectivity index (χ2v) is 14.0. The minimum atomic E-state index is -0.759.